The molecule has 0 fully saturated rings. The molecule has 0 aliphatic carbocycles. The van der Waals surface area contributed by atoms with Gasteiger partial charge in [0.2, 0.25) is 5.91 Å². The molecule has 5 heteroatoms. The van der Waals surface area contributed by atoms with Gasteiger partial charge in [0.25, 0.3) is 0 Å². The molecular weight excluding hydrogens is 220 g/mol. The van der Waals surface area contributed by atoms with Crippen LogP contribution in [0.1, 0.15) is 19.8 Å². The van der Waals surface area contributed by atoms with Crippen LogP contribution in [0.15, 0.2) is 24.5 Å². The highest BCUT2D eigenvalue weighted by Crippen LogP contribution is 1.96. The third-order valence-electron chi connectivity index (χ3n) is 2.22. The van der Waals surface area contributed by atoms with Gasteiger partial charge in [0.1, 0.15) is 6.54 Å². The standard InChI is InChI=1S/C12H18N2O3/c1-2-17-12(16)10-13-11(15)6-5-9-14-7-3-4-8-14/h3-4,7-8H,2,5-6,9-10H2,1H3,(H,13,15). The molecule has 0 aromatic carbocycles. The van der Waals surface area contributed by atoms with Gasteiger partial charge in [-0.25, -0.2) is 0 Å². The lowest BCUT2D eigenvalue weighted by atomic mass is 10.3. The van der Waals surface area contributed by atoms with Crippen molar-refractivity contribution < 1.29 is 14.3 Å². The van der Waals surface area contributed by atoms with Crippen molar-refractivity contribution >= 4 is 11.9 Å². The van der Waals surface area contributed by atoms with Crippen LogP contribution >= 0.6 is 0 Å². The zero-order valence-corrected chi connectivity index (χ0v) is 10.0. The van der Waals surface area contributed by atoms with E-state index >= 15 is 0 Å². The molecule has 0 spiro atoms. The monoisotopic (exact) mass is 238 g/mol. The van der Waals surface area contributed by atoms with Crippen molar-refractivity contribution in [1.29, 1.82) is 0 Å². The van der Waals surface area contributed by atoms with Crippen molar-refractivity contribution in [2.75, 3.05) is 13.2 Å². The molecule has 1 aromatic heterocycles. The molecule has 0 saturated heterocycles. The van der Waals surface area contributed by atoms with Gasteiger partial charge in [0.05, 0.1) is 6.61 Å². The number of nitrogens with one attached hydrogen (secondary N) is 1. The van der Waals surface area contributed by atoms with E-state index in [1.807, 2.05) is 29.1 Å². The quantitative estimate of drug-likeness (QED) is 0.719. The fourth-order valence-electron chi connectivity index (χ4n) is 1.41. The number of esters is 1. The second-order valence-corrected chi connectivity index (χ2v) is 3.61. The van der Waals surface area contributed by atoms with E-state index in [-0.39, 0.29) is 12.5 Å². The van der Waals surface area contributed by atoms with Gasteiger partial charge in [0, 0.05) is 25.4 Å². The summed E-state index contributed by atoms with van der Waals surface area (Å²) in [5, 5.41) is 2.52. The number of carbonyl (C=O) groups is 2. The van der Waals surface area contributed by atoms with Gasteiger partial charge >= 0.3 is 5.97 Å². The Morgan fingerprint density at radius 3 is 2.65 bits per heavy atom. The van der Waals surface area contributed by atoms with Crippen LogP contribution in [-0.2, 0) is 20.9 Å². The van der Waals surface area contributed by atoms with E-state index in [9.17, 15) is 9.59 Å². The third kappa shape index (κ3) is 5.75. The van der Waals surface area contributed by atoms with E-state index in [4.69, 9.17) is 4.74 Å². The molecule has 1 heterocycles. The zero-order chi connectivity index (χ0) is 12.5. The van der Waals surface area contributed by atoms with E-state index < -0.39 is 5.97 Å². The average Bonchev–Trinajstić information content (AvgIpc) is 2.80. The number of aromatic nitrogens is 1. The molecule has 0 saturated carbocycles. The molecule has 94 valence electrons. The van der Waals surface area contributed by atoms with E-state index in [1.165, 1.54) is 0 Å². The summed E-state index contributed by atoms with van der Waals surface area (Å²) in [7, 11) is 0. The van der Waals surface area contributed by atoms with Crippen LogP contribution in [0.3, 0.4) is 0 Å². The van der Waals surface area contributed by atoms with Crippen molar-refractivity contribution in [1.82, 2.24) is 9.88 Å². The first kappa shape index (κ1) is 13.3. The molecule has 0 aliphatic heterocycles. The van der Waals surface area contributed by atoms with Crippen molar-refractivity contribution in [2.45, 2.75) is 26.3 Å². The van der Waals surface area contributed by atoms with Crippen molar-refractivity contribution in [3.8, 4) is 0 Å². The van der Waals surface area contributed by atoms with Crippen LogP contribution in [0.2, 0.25) is 0 Å². The van der Waals surface area contributed by atoms with Gasteiger partial charge < -0.3 is 14.6 Å². The lowest BCUT2D eigenvalue weighted by Crippen LogP contribution is -2.30. The molecule has 0 atom stereocenters. The second kappa shape index (κ2) is 7.49. The third-order valence-corrected chi connectivity index (χ3v) is 2.22. The lowest BCUT2D eigenvalue weighted by molar-refractivity contribution is -0.143. The first-order chi connectivity index (χ1) is 8.22. The van der Waals surface area contributed by atoms with Crippen LogP contribution < -0.4 is 5.32 Å². The fraction of sp³-hybridized carbons (Fsp3) is 0.500. The Morgan fingerprint density at radius 1 is 1.29 bits per heavy atom. The molecule has 1 amide bonds. The Hall–Kier alpha value is -1.78. The predicted octanol–water partition coefficient (Wildman–Crippen LogP) is 0.948. The summed E-state index contributed by atoms with van der Waals surface area (Å²) in [6.45, 7) is 2.83. The largest absolute Gasteiger partial charge is 0.465 e. The number of hydrogen-bond donors (Lipinski definition) is 1. The van der Waals surface area contributed by atoms with E-state index in [0.717, 1.165) is 13.0 Å². The minimum absolute atomic E-state index is 0.0454. The Morgan fingerprint density at radius 2 is 2.00 bits per heavy atom. The molecule has 0 unspecified atom stereocenters. The number of hydrogen-bond acceptors (Lipinski definition) is 3. The number of rotatable bonds is 7. The minimum Gasteiger partial charge on any atom is -0.465 e. The number of nitrogens with zero attached hydrogens (tertiary/aromatic N) is 1. The Balaban J connectivity index is 2.07. The normalized spacial score (nSPS) is 9.94. The highest BCUT2D eigenvalue weighted by atomic mass is 16.5. The van der Waals surface area contributed by atoms with E-state index in [0.29, 0.717) is 13.0 Å². The molecule has 0 bridgehead atoms. The molecule has 1 rings (SSSR count). The van der Waals surface area contributed by atoms with Gasteiger partial charge in [-0.3, -0.25) is 9.59 Å². The van der Waals surface area contributed by atoms with E-state index in [1.54, 1.807) is 6.92 Å². The summed E-state index contributed by atoms with van der Waals surface area (Å²) in [6, 6.07) is 3.89. The summed E-state index contributed by atoms with van der Waals surface area (Å²) in [5.74, 6) is -0.517. The molecular formula is C12H18N2O3. The minimum atomic E-state index is -0.397. The molecule has 1 aromatic rings. The topological polar surface area (TPSA) is 60.3 Å². The average molecular weight is 238 g/mol. The SMILES string of the molecule is CCOC(=O)CNC(=O)CCCn1cccc1. The lowest BCUT2D eigenvalue weighted by Gasteiger charge is -2.05. The maximum Gasteiger partial charge on any atom is 0.325 e. The summed E-state index contributed by atoms with van der Waals surface area (Å²) < 4.78 is 6.71. The second-order valence-electron chi connectivity index (χ2n) is 3.61. The number of ether oxygens (including phenoxy) is 1. The van der Waals surface area contributed by atoms with Crippen LogP contribution in [0, 0.1) is 0 Å². The van der Waals surface area contributed by atoms with Crippen LogP contribution in [-0.4, -0.2) is 29.6 Å². The fourth-order valence-corrected chi connectivity index (χ4v) is 1.41. The predicted molar refractivity (Wildman–Crippen MR) is 63.3 cm³/mol. The van der Waals surface area contributed by atoms with Gasteiger partial charge in [0.15, 0.2) is 0 Å². The number of carbonyl (C=O) groups excluding carboxylic acids is 2. The maximum absolute atomic E-state index is 11.4. The van der Waals surface area contributed by atoms with Gasteiger partial charge in [-0.15, -0.1) is 0 Å². The number of aryl methyl sites for hydroxylation is 1. The van der Waals surface area contributed by atoms with Crippen molar-refractivity contribution in [3.63, 3.8) is 0 Å². The number of amides is 1. The molecule has 1 N–H and O–H groups in total. The van der Waals surface area contributed by atoms with Crippen LogP contribution in [0.25, 0.3) is 0 Å². The first-order valence-corrected chi connectivity index (χ1v) is 5.75. The van der Waals surface area contributed by atoms with E-state index in [2.05, 4.69) is 5.32 Å². The van der Waals surface area contributed by atoms with Crippen LogP contribution in [0.4, 0.5) is 0 Å². The maximum atomic E-state index is 11.4. The summed E-state index contributed by atoms with van der Waals surface area (Å²) in [4.78, 5) is 22.3. The molecule has 17 heavy (non-hydrogen) atoms. The Labute approximate surface area is 101 Å². The van der Waals surface area contributed by atoms with Crippen LogP contribution in [0.5, 0.6) is 0 Å². The first-order valence-electron chi connectivity index (χ1n) is 5.75. The molecule has 0 aliphatic rings. The van der Waals surface area contributed by atoms with Gasteiger partial charge in [-0.2, -0.15) is 0 Å². The highest BCUT2D eigenvalue weighted by Gasteiger charge is 2.05. The van der Waals surface area contributed by atoms with Crippen molar-refractivity contribution in [2.24, 2.45) is 0 Å². The highest BCUT2D eigenvalue weighted by molar-refractivity contribution is 5.81. The molecule has 0 radical (unpaired) electrons. The van der Waals surface area contributed by atoms with Gasteiger partial charge in [-0.1, -0.05) is 0 Å². The molecule has 5 nitrogen and oxygen atoms in total. The zero-order valence-electron chi connectivity index (χ0n) is 10.0. The van der Waals surface area contributed by atoms with Crippen molar-refractivity contribution in [3.05, 3.63) is 24.5 Å². The smallest absolute Gasteiger partial charge is 0.325 e. The summed E-state index contributed by atoms with van der Waals surface area (Å²) in [5.41, 5.74) is 0. The Bertz CT molecular complexity index is 347. The Kier molecular flexibility index (Phi) is 5.85. The summed E-state index contributed by atoms with van der Waals surface area (Å²) in [6.07, 6.45) is 5.08. The summed E-state index contributed by atoms with van der Waals surface area (Å²) >= 11 is 0. The van der Waals surface area contributed by atoms with Gasteiger partial charge in [-0.05, 0) is 25.5 Å².